The molecule has 1 amide bonds. The number of hydrogen-bond acceptors (Lipinski definition) is 3. The molecule has 0 aliphatic heterocycles. The lowest BCUT2D eigenvalue weighted by Crippen LogP contribution is -2.51. The molecule has 0 fully saturated rings. The Hall–Kier alpha value is -1.56. The first-order chi connectivity index (χ1) is 9.22. The highest BCUT2D eigenvalue weighted by molar-refractivity contribution is 7.99. The monoisotopic (exact) mass is 299 g/mol. The SMILES string of the molecule is CC(CSc1ccc(F)cc1)C(=O)NC(C)(C)C(=O)O. The first kappa shape index (κ1) is 16.5. The number of carbonyl (C=O) groups is 2. The number of carboxylic acid groups (broad SMARTS) is 1. The number of halogens is 1. The molecule has 6 heteroatoms. The van der Waals surface area contributed by atoms with E-state index in [4.69, 9.17) is 5.11 Å². The second-order valence-electron chi connectivity index (χ2n) is 5.09. The summed E-state index contributed by atoms with van der Waals surface area (Å²) in [5.41, 5.74) is -1.29. The molecule has 1 aromatic rings. The molecular weight excluding hydrogens is 281 g/mol. The van der Waals surface area contributed by atoms with E-state index in [1.165, 1.54) is 37.7 Å². The fraction of sp³-hybridized carbons (Fsp3) is 0.429. The molecule has 0 radical (unpaired) electrons. The van der Waals surface area contributed by atoms with Crippen LogP contribution in [0, 0.1) is 11.7 Å². The molecule has 0 saturated heterocycles. The third kappa shape index (κ3) is 4.85. The van der Waals surface area contributed by atoms with Crippen molar-refractivity contribution in [3.63, 3.8) is 0 Å². The number of nitrogens with one attached hydrogen (secondary N) is 1. The van der Waals surface area contributed by atoms with Gasteiger partial charge in [-0.25, -0.2) is 9.18 Å². The van der Waals surface area contributed by atoms with Crippen molar-refractivity contribution in [2.24, 2.45) is 5.92 Å². The molecule has 1 unspecified atom stereocenters. The molecule has 0 spiro atoms. The quantitative estimate of drug-likeness (QED) is 0.792. The Morgan fingerprint density at radius 2 is 1.90 bits per heavy atom. The maximum Gasteiger partial charge on any atom is 0.328 e. The van der Waals surface area contributed by atoms with E-state index < -0.39 is 11.5 Å². The average Bonchev–Trinajstić information content (AvgIpc) is 2.37. The van der Waals surface area contributed by atoms with E-state index in [0.29, 0.717) is 5.75 Å². The van der Waals surface area contributed by atoms with E-state index in [1.54, 1.807) is 19.1 Å². The minimum absolute atomic E-state index is 0.302. The zero-order chi connectivity index (χ0) is 15.3. The predicted octanol–water partition coefficient (Wildman–Crippen LogP) is 2.53. The van der Waals surface area contributed by atoms with Crippen LogP contribution in [-0.4, -0.2) is 28.3 Å². The first-order valence-electron chi connectivity index (χ1n) is 6.16. The number of thioether (sulfide) groups is 1. The number of carbonyl (C=O) groups excluding carboxylic acids is 1. The standard InChI is InChI=1S/C14H18FNO3S/c1-9(12(17)16-14(2,3)13(18)19)8-20-11-6-4-10(15)5-7-11/h4-7,9H,8H2,1-3H3,(H,16,17)(H,18,19). The van der Waals surface area contributed by atoms with Crippen molar-refractivity contribution in [1.29, 1.82) is 0 Å². The first-order valence-corrected chi connectivity index (χ1v) is 7.14. The largest absolute Gasteiger partial charge is 0.480 e. The maximum atomic E-state index is 12.7. The van der Waals surface area contributed by atoms with Gasteiger partial charge in [0.25, 0.3) is 0 Å². The van der Waals surface area contributed by atoms with Crippen LogP contribution in [-0.2, 0) is 9.59 Å². The Morgan fingerprint density at radius 3 is 2.40 bits per heavy atom. The Labute approximate surface area is 121 Å². The van der Waals surface area contributed by atoms with Gasteiger partial charge >= 0.3 is 5.97 Å². The second kappa shape index (κ2) is 6.74. The minimum Gasteiger partial charge on any atom is -0.480 e. The van der Waals surface area contributed by atoms with Gasteiger partial charge in [-0.1, -0.05) is 6.92 Å². The smallest absolute Gasteiger partial charge is 0.328 e. The van der Waals surface area contributed by atoms with E-state index in [0.717, 1.165) is 4.90 Å². The summed E-state index contributed by atoms with van der Waals surface area (Å²) in [7, 11) is 0. The van der Waals surface area contributed by atoms with Gasteiger partial charge in [-0.05, 0) is 38.1 Å². The van der Waals surface area contributed by atoms with Crippen LogP contribution in [0.25, 0.3) is 0 Å². The zero-order valence-corrected chi connectivity index (χ0v) is 12.5. The molecule has 1 aromatic carbocycles. The molecule has 0 bridgehead atoms. The molecule has 20 heavy (non-hydrogen) atoms. The van der Waals surface area contributed by atoms with E-state index in [2.05, 4.69) is 5.32 Å². The van der Waals surface area contributed by atoms with Crippen LogP contribution in [0.5, 0.6) is 0 Å². The third-order valence-electron chi connectivity index (χ3n) is 2.73. The van der Waals surface area contributed by atoms with Gasteiger partial charge in [0.05, 0.1) is 0 Å². The van der Waals surface area contributed by atoms with Gasteiger partial charge in [0.2, 0.25) is 5.91 Å². The number of hydrogen-bond donors (Lipinski definition) is 2. The van der Waals surface area contributed by atoms with Crippen LogP contribution < -0.4 is 5.32 Å². The van der Waals surface area contributed by atoms with Gasteiger partial charge in [0, 0.05) is 16.6 Å². The Balaban J connectivity index is 2.50. The molecule has 0 aliphatic rings. The zero-order valence-electron chi connectivity index (χ0n) is 11.6. The molecule has 0 aliphatic carbocycles. The summed E-state index contributed by atoms with van der Waals surface area (Å²) in [6, 6.07) is 6.01. The summed E-state index contributed by atoms with van der Waals surface area (Å²) < 4.78 is 12.7. The lowest BCUT2D eigenvalue weighted by Gasteiger charge is -2.23. The lowest BCUT2D eigenvalue weighted by atomic mass is 10.0. The highest BCUT2D eigenvalue weighted by Gasteiger charge is 2.30. The van der Waals surface area contributed by atoms with E-state index in [9.17, 15) is 14.0 Å². The van der Waals surface area contributed by atoms with Gasteiger partial charge in [0.1, 0.15) is 11.4 Å². The molecule has 4 nitrogen and oxygen atoms in total. The summed E-state index contributed by atoms with van der Waals surface area (Å²) in [4.78, 5) is 23.7. The number of amides is 1. The predicted molar refractivity (Wildman–Crippen MR) is 76.1 cm³/mol. The number of carboxylic acids is 1. The summed E-state index contributed by atoms with van der Waals surface area (Å²) in [5, 5.41) is 11.4. The maximum absolute atomic E-state index is 12.7. The molecule has 0 heterocycles. The van der Waals surface area contributed by atoms with Crippen molar-refractivity contribution in [2.45, 2.75) is 31.2 Å². The fourth-order valence-corrected chi connectivity index (χ4v) is 2.23. The summed E-state index contributed by atoms with van der Waals surface area (Å²) >= 11 is 1.43. The highest BCUT2D eigenvalue weighted by Crippen LogP contribution is 2.21. The van der Waals surface area contributed by atoms with Gasteiger partial charge in [-0.3, -0.25) is 4.79 Å². The summed E-state index contributed by atoms with van der Waals surface area (Å²) in [6.45, 7) is 4.60. The Bertz CT molecular complexity index is 488. The average molecular weight is 299 g/mol. The van der Waals surface area contributed by atoms with Gasteiger partial charge in [-0.15, -0.1) is 11.8 Å². The van der Waals surface area contributed by atoms with Gasteiger partial charge in [0.15, 0.2) is 0 Å². The molecule has 1 rings (SSSR count). The van der Waals surface area contributed by atoms with Crippen molar-refractivity contribution in [1.82, 2.24) is 5.32 Å². The molecule has 0 aromatic heterocycles. The van der Waals surface area contributed by atoms with Crippen LogP contribution in [0.4, 0.5) is 4.39 Å². The van der Waals surface area contributed by atoms with E-state index in [-0.39, 0.29) is 17.6 Å². The van der Waals surface area contributed by atoms with Crippen molar-refractivity contribution in [3.8, 4) is 0 Å². The van der Waals surface area contributed by atoms with Crippen LogP contribution in [0.3, 0.4) is 0 Å². The topological polar surface area (TPSA) is 66.4 Å². The fourth-order valence-electron chi connectivity index (χ4n) is 1.31. The Kier molecular flexibility index (Phi) is 5.56. The number of rotatable bonds is 6. The van der Waals surface area contributed by atoms with Crippen LogP contribution in [0.2, 0.25) is 0 Å². The van der Waals surface area contributed by atoms with Crippen molar-refractivity contribution in [2.75, 3.05) is 5.75 Å². The molecule has 1 atom stereocenters. The molecule has 0 saturated carbocycles. The van der Waals surface area contributed by atoms with Crippen LogP contribution in [0.15, 0.2) is 29.2 Å². The molecular formula is C14H18FNO3S. The second-order valence-corrected chi connectivity index (χ2v) is 6.18. The summed E-state index contributed by atoms with van der Waals surface area (Å²) in [5.74, 6) is -1.55. The normalized spacial score (nSPS) is 12.8. The third-order valence-corrected chi connectivity index (χ3v) is 4.00. The van der Waals surface area contributed by atoms with Crippen molar-refractivity contribution < 1.29 is 19.1 Å². The number of benzene rings is 1. The van der Waals surface area contributed by atoms with Gasteiger partial charge < -0.3 is 10.4 Å². The number of aliphatic carboxylic acids is 1. The summed E-state index contributed by atoms with van der Waals surface area (Å²) in [6.07, 6.45) is 0. The highest BCUT2D eigenvalue weighted by atomic mass is 32.2. The van der Waals surface area contributed by atoms with E-state index >= 15 is 0 Å². The molecule has 2 N–H and O–H groups in total. The van der Waals surface area contributed by atoms with Crippen molar-refractivity contribution >= 4 is 23.6 Å². The van der Waals surface area contributed by atoms with Gasteiger partial charge in [-0.2, -0.15) is 0 Å². The van der Waals surface area contributed by atoms with Crippen molar-refractivity contribution in [3.05, 3.63) is 30.1 Å². The Morgan fingerprint density at radius 1 is 1.35 bits per heavy atom. The van der Waals surface area contributed by atoms with Crippen LogP contribution in [0.1, 0.15) is 20.8 Å². The lowest BCUT2D eigenvalue weighted by molar-refractivity contribution is -0.146. The minimum atomic E-state index is -1.29. The van der Waals surface area contributed by atoms with E-state index in [1.807, 2.05) is 0 Å². The van der Waals surface area contributed by atoms with Crippen LogP contribution >= 0.6 is 11.8 Å². The molecule has 110 valence electrons.